The Morgan fingerprint density at radius 2 is 1.68 bits per heavy atom. The van der Waals surface area contributed by atoms with Gasteiger partial charge in [0, 0.05) is 12.3 Å². The fourth-order valence-electron chi connectivity index (χ4n) is 5.24. The monoisotopic (exact) mass is 350 g/mol. The third-order valence-corrected chi connectivity index (χ3v) is 7.08. The molecular formula is C23H42O2. The Morgan fingerprint density at radius 1 is 0.960 bits per heavy atom. The highest BCUT2D eigenvalue weighted by Gasteiger charge is 2.32. The van der Waals surface area contributed by atoms with Gasteiger partial charge < -0.3 is 5.11 Å². The van der Waals surface area contributed by atoms with Gasteiger partial charge in [0.25, 0.3) is 0 Å². The van der Waals surface area contributed by atoms with Crippen molar-refractivity contribution >= 4 is 5.78 Å². The molecule has 0 aliphatic heterocycles. The summed E-state index contributed by atoms with van der Waals surface area (Å²) in [4.78, 5) is 12.7. The van der Waals surface area contributed by atoms with Gasteiger partial charge in [-0.1, -0.05) is 71.6 Å². The lowest BCUT2D eigenvalue weighted by atomic mass is 9.75. The van der Waals surface area contributed by atoms with Crippen molar-refractivity contribution in [2.45, 2.75) is 116 Å². The minimum Gasteiger partial charge on any atom is -0.393 e. The van der Waals surface area contributed by atoms with Crippen molar-refractivity contribution in [3.05, 3.63) is 0 Å². The van der Waals surface area contributed by atoms with Crippen LogP contribution in [0, 0.1) is 23.7 Å². The van der Waals surface area contributed by atoms with Crippen molar-refractivity contribution in [1.82, 2.24) is 0 Å². The van der Waals surface area contributed by atoms with Crippen LogP contribution in [-0.2, 0) is 4.79 Å². The van der Waals surface area contributed by atoms with E-state index in [4.69, 9.17) is 0 Å². The summed E-state index contributed by atoms with van der Waals surface area (Å²) in [6, 6.07) is 0. The number of hydrogen-bond acceptors (Lipinski definition) is 2. The molecule has 0 radical (unpaired) electrons. The summed E-state index contributed by atoms with van der Waals surface area (Å²) >= 11 is 0. The highest BCUT2D eigenvalue weighted by Crippen LogP contribution is 2.41. The SMILES string of the molecule is CCCCC(C)C(O)CCCCC(=O)C1CCCC2CCCCC2C1. The van der Waals surface area contributed by atoms with Crippen molar-refractivity contribution in [1.29, 1.82) is 0 Å². The Balaban J connectivity index is 1.64. The Morgan fingerprint density at radius 3 is 2.44 bits per heavy atom. The Bertz CT molecular complexity index is 378. The number of unbranched alkanes of at least 4 members (excludes halogenated alkanes) is 2. The standard InChI is InChI=1S/C23H42O2/c1-3-4-10-18(2)22(24)15-7-8-16-23(25)21-14-9-13-19-11-5-6-12-20(19)17-21/h18-22,24H,3-17H2,1-2H3. The molecule has 25 heavy (non-hydrogen) atoms. The zero-order valence-electron chi connectivity index (χ0n) is 16.8. The van der Waals surface area contributed by atoms with E-state index in [1.165, 1.54) is 57.8 Å². The molecule has 5 unspecified atom stereocenters. The maximum atomic E-state index is 12.7. The summed E-state index contributed by atoms with van der Waals surface area (Å²) in [6.45, 7) is 4.37. The quantitative estimate of drug-likeness (QED) is 0.469. The number of aliphatic hydroxyl groups is 1. The number of hydrogen-bond donors (Lipinski definition) is 1. The summed E-state index contributed by atoms with van der Waals surface area (Å²) < 4.78 is 0. The molecule has 0 aromatic carbocycles. The molecule has 2 rings (SSSR count). The molecule has 0 saturated heterocycles. The van der Waals surface area contributed by atoms with Gasteiger partial charge in [-0.25, -0.2) is 0 Å². The second-order valence-electron chi connectivity index (χ2n) is 9.07. The minimum atomic E-state index is -0.178. The second-order valence-corrected chi connectivity index (χ2v) is 9.07. The third kappa shape index (κ3) is 7.04. The van der Waals surface area contributed by atoms with E-state index in [-0.39, 0.29) is 6.10 Å². The van der Waals surface area contributed by atoms with Gasteiger partial charge in [0.05, 0.1) is 6.10 Å². The molecule has 2 aliphatic carbocycles. The van der Waals surface area contributed by atoms with E-state index < -0.39 is 0 Å². The molecule has 0 aromatic rings. The highest BCUT2D eigenvalue weighted by molar-refractivity contribution is 5.80. The topological polar surface area (TPSA) is 37.3 Å². The van der Waals surface area contributed by atoms with Gasteiger partial charge in [0.2, 0.25) is 0 Å². The van der Waals surface area contributed by atoms with Crippen LogP contribution in [0.15, 0.2) is 0 Å². The molecule has 0 heterocycles. The van der Waals surface area contributed by atoms with Gasteiger partial charge in [0.1, 0.15) is 5.78 Å². The lowest BCUT2D eigenvalue weighted by Gasteiger charge is -2.30. The van der Waals surface area contributed by atoms with Gasteiger partial charge in [-0.2, -0.15) is 0 Å². The van der Waals surface area contributed by atoms with Gasteiger partial charge in [-0.05, 0) is 49.9 Å². The number of carbonyl (C=O) groups is 1. The summed E-state index contributed by atoms with van der Waals surface area (Å²) in [7, 11) is 0. The first-order valence-electron chi connectivity index (χ1n) is 11.3. The summed E-state index contributed by atoms with van der Waals surface area (Å²) in [5.41, 5.74) is 0. The van der Waals surface area contributed by atoms with Gasteiger partial charge in [-0.15, -0.1) is 0 Å². The molecule has 2 heteroatoms. The Labute approximate surface area is 156 Å². The fraction of sp³-hybridized carbons (Fsp3) is 0.957. The summed E-state index contributed by atoms with van der Waals surface area (Å²) in [6.07, 6.45) is 17.5. The first-order valence-corrected chi connectivity index (χ1v) is 11.3. The lowest BCUT2D eigenvalue weighted by Crippen LogP contribution is -2.22. The predicted octanol–water partition coefficient (Wildman–Crippen LogP) is 6.30. The molecule has 0 aromatic heterocycles. The first kappa shape index (κ1) is 20.9. The van der Waals surface area contributed by atoms with Crippen LogP contribution >= 0.6 is 0 Å². The maximum absolute atomic E-state index is 12.7. The molecule has 146 valence electrons. The molecule has 0 spiro atoms. The summed E-state index contributed by atoms with van der Waals surface area (Å²) in [5.74, 6) is 3.04. The van der Waals surface area contributed by atoms with Crippen molar-refractivity contribution in [2.24, 2.45) is 23.7 Å². The van der Waals surface area contributed by atoms with Crippen molar-refractivity contribution in [3.8, 4) is 0 Å². The van der Waals surface area contributed by atoms with Crippen molar-refractivity contribution < 1.29 is 9.90 Å². The van der Waals surface area contributed by atoms with Crippen LogP contribution in [0.5, 0.6) is 0 Å². The highest BCUT2D eigenvalue weighted by atomic mass is 16.3. The van der Waals surface area contributed by atoms with Crippen LogP contribution in [0.1, 0.15) is 110 Å². The molecule has 2 saturated carbocycles. The van der Waals surface area contributed by atoms with E-state index in [1.54, 1.807) is 0 Å². The minimum absolute atomic E-state index is 0.178. The molecular weight excluding hydrogens is 308 g/mol. The van der Waals surface area contributed by atoms with E-state index in [2.05, 4.69) is 13.8 Å². The van der Waals surface area contributed by atoms with Crippen LogP contribution in [0.2, 0.25) is 0 Å². The molecule has 1 N–H and O–H groups in total. The number of carbonyl (C=O) groups excluding carboxylic acids is 1. The third-order valence-electron chi connectivity index (χ3n) is 7.08. The van der Waals surface area contributed by atoms with E-state index in [0.717, 1.165) is 50.4 Å². The number of ketones is 1. The largest absolute Gasteiger partial charge is 0.393 e. The Kier molecular flexibility index (Phi) is 9.52. The number of rotatable bonds is 10. The first-order chi connectivity index (χ1) is 12.1. The van der Waals surface area contributed by atoms with Crippen molar-refractivity contribution in [2.75, 3.05) is 0 Å². The fourth-order valence-corrected chi connectivity index (χ4v) is 5.24. The predicted molar refractivity (Wildman–Crippen MR) is 106 cm³/mol. The van der Waals surface area contributed by atoms with Crippen LogP contribution < -0.4 is 0 Å². The zero-order valence-corrected chi connectivity index (χ0v) is 16.8. The van der Waals surface area contributed by atoms with Crippen LogP contribution in [0.4, 0.5) is 0 Å². The molecule has 2 aliphatic rings. The van der Waals surface area contributed by atoms with E-state index in [0.29, 0.717) is 17.6 Å². The van der Waals surface area contributed by atoms with Crippen LogP contribution in [0.25, 0.3) is 0 Å². The van der Waals surface area contributed by atoms with Crippen LogP contribution in [-0.4, -0.2) is 17.0 Å². The molecule has 2 fully saturated rings. The average molecular weight is 351 g/mol. The van der Waals surface area contributed by atoms with Gasteiger partial charge in [0.15, 0.2) is 0 Å². The normalized spacial score (nSPS) is 29.5. The average Bonchev–Trinajstić information content (AvgIpc) is 2.85. The molecule has 5 atom stereocenters. The van der Waals surface area contributed by atoms with E-state index >= 15 is 0 Å². The molecule has 0 bridgehead atoms. The summed E-state index contributed by atoms with van der Waals surface area (Å²) in [5, 5.41) is 10.2. The molecule has 2 nitrogen and oxygen atoms in total. The second kappa shape index (κ2) is 11.4. The number of Topliss-reactive ketones (excluding diaryl/α,β-unsaturated/α-hetero) is 1. The van der Waals surface area contributed by atoms with Crippen LogP contribution in [0.3, 0.4) is 0 Å². The van der Waals surface area contributed by atoms with Gasteiger partial charge in [-0.3, -0.25) is 4.79 Å². The zero-order chi connectivity index (χ0) is 18.1. The van der Waals surface area contributed by atoms with Gasteiger partial charge >= 0.3 is 0 Å². The maximum Gasteiger partial charge on any atom is 0.135 e. The number of fused-ring (bicyclic) bond motifs is 1. The number of aliphatic hydroxyl groups excluding tert-OH is 1. The smallest absolute Gasteiger partial charge is 0.135 e. The Hall–Kier alpha value is -0.370. The molecule has 0 amide bonds. The lowest BCUT2D eigenvalue weighted by molar-refractivity contribution is -0.123. The van der Waals surface area contributed by atoms with Crippen molar-refractivity contribution in [3.63, 3.8) is 0 Å². The van der Waals surface area contributed by atoms with E-state index in [9.17, 15) is 9.90 Å². The van der Waals surface area contributed by atoms with E-state index in [1.807, 2.05) is 0 Å².